The number of aromatic nitrogens is 4. The smallest absolute Gasteiger partial charge is 0.212 e. The molecule has 2 aromatic carbocycles. The van der Waals surface area contributed by atoms with Crippen LogP contribution in [0.3, 0.4) is 0 Å². The topological polar surface area (TPSA) is 88.2 Å². The summed E-state index contributed by atoms with van der Waals surface area (Å²) >= 11 is 13.7. The Kier molecular flexibility index (Phi) is 5.64. The summed E-state index contributed by atoms with van der Waals surface area (Å²) in [6, 6.07) is 14.4. The van der Waals surface area contributed by atoms with E-state index >= 15 is 0 Å². The molecule has 10 heteroatoms. The van der Waals surface area contributed by atoms with Gasteiger partial charge < -0.3 is 19.4 Å². The number of thioether (sulfide) groups is 1. The molecule has 0 radical (unpaired) electrons. The van der Waals surface area contributed by atoms with Crippen molar-refractivity contribution in [3.63, 3.8) is 0 Å². The lowest BCUT2D eigenvalue weighted by molar-refractivity contribution is 0.427. The molecular formula is C25H17Cl2N5O2S. The van der Waals surface area contributed by atoms with Crippen molar-refractivity contribution in [2.75, 3.05) is 0 Å². The Morgan fingerprint density at radius 1 is 0.800 bits per heavy atom. The number of ether oxygens (including phenoxy) is 2. The molecule has 35 heavy (non-hydrogen) atoms. The Balaban J connectivity index is 1.44. The van der Waals surface area contributed by atoms with Crippen molar-refractivity contribution in [3.8, 4) is 11.5 Å². The molecule has 1 unspecified atom stereocenters. The van der Waals surface area contributed by atoms with Crippen molar-refractivity contribution in [3.05, 3.63) is 119 Å². The highest BCUT2D eigenvalue weighted by molar-refractivity contribution is 8.02. The highest BCUT2D eigenvalue weighted by Gasteiger charge is 2.51. The second kappa shape index (κ2) is 8.96. The lowest BCUT2D eigenvalue weighted by Gasteiger charge is -2.25. The predicted molar refractivity (Wildman–Crippen MR) is 137 cm³/mol. The Bertz CT molecular complexity index is 1400. The normalized spacial score (nSPS) is 18.3. The zero-order valence-electron chi connectivity index (χ0n) is 18.0. The Morgan fingerprint density at radius 2 is 1.37 bits per heavy atom. The molecule has 1 atom stereocenters. The summed E-state index contributed by atoms with van der Waals surface area (Å²) in [4.78, 5) is 20.3. The van der Waals surface area contributed by atoms with Crippen molar-refractivity contribution < 1.29 is 9.47 Å². The quantitative estimate of drug-likeness (QED) is 0.329. The monoisotopic (exact) mass is 521 g/mol. The van der Waals surface area contributed by atoms with E-state index in [0.29, 0.717) is 33.2 Å². The van der Waals surface area contributed by atoms with Gasteiger partial charge in [-0.1, -0.05) is 23.2 Å². The van der Waals surface area contributed by atoms with Crippen molar-refractivity contribution in [2.45, 2.75) is 10.00 Å². The van der Waals surface area contributed by atoms with Crippen LogP contribution >= 0.6 is 35.0 Å². The van der Waals surface area contributed by atoms with E-state index in [1.807, 2.05) is 24.3 Å². The summed E-state index contributed by atoms with van der Waals surface area (Å²) in [6.45, 7) is 0. The van der Waals surface area contributed by atoms with Crippen LogP contribution in [0.5, 0.6) is 11.5 Å². The number of imidazole rings is 2. The molecule has 0 aliphatic carbocycles. The van der Waals surface area contributed by atoms with Gasteiger partial charge in [0.2, 0.25) is 5.90 Å². The van der Waals surface area contributed by atoms with E-state index < -0.39 is 4.75 Å². The molecule has 2 aliphatic heterocycles. The average Bonchev–Trinajstić information content (AvgIpc) is 3.64. The molecule has 0 bridgehead atoms. The molecule has 0 fully saturated rings. The standard InChI is InChI=1S/C25H17Cl2N5O2S/c26-15-1-5-17(6-2-15)33-20-14-32-22(34-18-7-3-16(27)4-8-18)21-19(20)13-25(35-21,23-28-9-10-29-23)24-30-11-12-31-24/h1-14,21H,(H,28,29)(H,30,31). The number of fused-ring (bicyclic) bond motifs is 1. The van der Waals surface area contributed by atoms with Gasteiger partial charge in [-0.05, 0) is 54.6 Å². The predicted octanol–water partition coefficient (Wildman–Crippen LogP) is 6.14. The summed E-state index contributed by atoms with van der Waals surface area (Å²) in [5.74, 6) is 3.88. The molecular weight excluding hydrogens is 505 g/mol. The number of nitrogens with one attached hydrogen (secondary N) is 2. The van der Waals surface area contributed by atoms with E-state index in [4.69, 9.17) is 32.7 Å². The van der Waals surface area contributed by atoms with E-state index in [9.17, 15) is 0 Å². The van der Waals surface area contributed by atoms with Gasteiger partial charge in [-0.3, -0.25) is 0 Å². The largest absolute Gasteiger partial charge is 0.455 e. The van der Waals surface area contributed by atoms with Crippen LogP contribution in [0.2, 0.25) is 10.0 Å². The number of aliphatic imine (C=N–C) groups is 1. The second-order valence-electron chi connectivity index (χ2n) is 7.78. The first-order valence-electron chi connectivity index (χ1n) is 10.7. The molecule has 2 N–H and O–H groups in total. The van der Waals surface area contributed by atoms with Gasteiger partial charge in [0.05, 0.1) is 6.20 Å². The van der Waals surface area contributed by atoms with E-state index in [1.54, 1.807) is 67.0 Å². The molecule has 174 valence electrons. The van der Waals surface area contributed by atoms with Crippen molar-refractivity contribution in [2.24, 2.45) is 4.99 Å². The Labute approximate surface area is 214 Å². The zero-order chi connectivity index (χ0) is 23.8. The van der Waals surface area contributed by atoms with E-state index in [1.165, 1.54) is 0 Å². The number of nitrogens with zero attached hydrogens (tertiary/aromatic N) is 3. The van der Waals surface area contributed by atoms with Gasteiger partial charge in [-0.2, -0.15) is 0 Å². The van der Waals surface area contributed by atoms with Gasteiger partial charge in [-0.15, -0.1) is 11.8 Å². The van der Waals surface area contributed by atoms with Crippen molar-refractivity contribution in [1.82, 2.24) is 19.9 Å². The molecule has 0 saturated heterocycles. The fourth-order valence-electron chi connectivity index (χ4n) is 3.94. The Morgan fingerprint density at radius 3 is 1.91 bits per heavy atom. The van der Waals surface area contributed by atoms with Gasteiger partial charge >= 0.3 is 0 Å². The SMILES string of the molecule is Clc1ccc(OC2=CN=C(Oc3ccc(Cl)cc3)C3SC(c4ncc[nH]4)(c4ncc[nH]4)C=C23)cc1. The average molecular weight is 522 g/mol. The van der Waals surface area contributed by atoms with Gasteiger partial charge in [0, 0.05) is 40.4 Å². The number of hydrogen-bond acceptors (Lipinski definition) is 6. The lowest BCUT2D eigenvalue weighted by Crippen LogP contribution is -2.30. The zero-order valence-corrected chi connectivity index (χ0v) is 20.3. The summed E-state index contributed by atoms with van der Waals surface area (Å²) in [5.41, 5.74) is 0.900. The van der Waals surface area contributed by atoms with Crippen LogP contribution in [0.15, 0.2) is 102 Å². The third-order valence-electron chi connectivity index (χ3n) is 5.54. The second-order valence-corrected chi connectivity index (χ2v) is 10.0. The maximum absolute atomic E-state index is 6.25. The van der Waals surface area contributed by atoms with E-state index in [-0.39, 0.29) is 5.25 Å². The lowest BCUT2D eigenvalue weighted by atomic mass is 9.99. The minimum atomic E-state index is -0.732. The molecule has 4 aromatic rings. The van der Waals surface area contributed by atoms with Crippen LogP contribution < -0.4 is 9.47 Å². The minimum absolute atomic E-state index is 0.284. The van der Waals surface area contributed by atoms with Gasteiger partial charge in [0.1, 0.15) is 34.2 Å². The number of halogens is 2. The van der Waals surface area contributed by atoms with Crippen LogP contribution in [0.25, 0.3) is 0 Å². The van der Waals surface area contributed by atoms with Gasteiger partial charge in [-0.25, -0.2) is 15.0 Å². The van der Waals surface area contributed by atoms with Crippen LogP contribution in [-0.2, 0) is 4.75 Å². The highest BCUT2D eigenvalue weighted by atomic mass is 35.5. The number of hydrogen-bond donors (Lipinski definition) is 2. The Hall–Kier alpha value is -3.46. The van der Waals surface area contributed by atoms with Crippen molar-refractivity contribution >= 4 is 40.9 Å². The summed E-state index contributed by atoms with van der Waals surface area (Å²) < 4.78 is 11.7. The number of benzene rings is 2. The first-order chi connectivity index (χ1) is 17.1. The molecule has 0 amide bonds. The maximum atomic E-state index is 6.25. The van der Waals surface area contributed by atoms with Crippen LogP contribution in [0, 0.1) is 0 Å². The van der Waals surface area contributed by atoms with Crippen molar-refractivity contribution in [1.29, 1.82) is 0 Å². The van der Waals surface area contributed by atoms with E-state index in [2.05, 4.69) is 31.0 Å². The minimum Gasteiger partial charge on any atom is -0.455 e. The molecule has 2 aliphatic rings. The molecule has 0 saturated carbocycles. The number of allylic oxidation sites excluding steroid dienone is 1. The third kappa shape index (κ3) is 4.14. The third-order valence-corrected chi connectivity index (χ3v) is 7.61. The number of H-pyrrole nitrogens is 2. The van der Waals surface area contributed by atoms with Crippen LogP contribution in [0.1, 0.15) is 11.6 Å². The first kappa shape index (κ1) is 22.0. The summed E-state index contributed by atoms with van der Waals surface area (Å²) in [7, 11) is 0. The summed E-state index contributed by atoms with van der Waals surface area (Å²) in [6.07, 6.45) is 10.8. The fourth-order valence-corrected chi connectivity index (χ4v) is 5.73. The van der Waals surface area contributed by atoms with Gasteiger partial charge in [0.25, 0.3) is 0 Å². The molecule has 4 heterocycles. The van der Waals surface area contributed by atoms with Crippen LogP contribution in [0.4, 0.5) is 0 Å². The maximum Gasteiger partial charge on any atom is 0.212 e. The van der Waals surface area contributed by atoms with Gasteiger partial charge in [0.15, 0.2) is 4.75 Å². The molecule has 2 aromatic heterocycles. The number of aromatic amines is 2. The molecule has 0 spiro atoms. The highest BCUT2D eigenvalue weighted by Crippen LogP contribution is 2.54. The summed E-state index contributed by atoms with van der Waals surface area (Å²) in [5, 5.41) is 0.981. The molecule has 7 nitrogen and oxygen atoms in total. The van der Waals surface area contributed by atoms with E-state index in [0.717, 1.165) is 17.2 Å². The fraction of sp³-hybridized carbons (Fsp3) is 0.0800. The molecule has 6 rings (SSSR count). The van der Waals surface area contributed by atoms with Crippen LogP contribution in [-0.4, -0.2) is 31.1 Å². The number of rotatable bonds is 5. The first-order valence-corrected chi connectivity index (χ1v) is 12.3.